The van der Waals surface area contributed by atoms with Crippen LogP contribution >= 0.6 is 12.6 Å². The molecule has 1 saturated heterocycles. The van der Waals surface area contributed by atoms with Gasteiger partial charge in [0.15, 0.2) is 0 Å². The fourth-order valence-electron chi connectivity index (χ4n) is 2.04. The first-order chi connectivity index (χ1) is 8.08. The molecule has 1 aliphatic heterocycles. The van der Waals surface area contributed by atoms with Crippen LogP contribution in [0.5, 0.6) is 0 Å². The molecule has 5 heteroatoms. The molecular formula is C12H15FN2OS. The van der Waals surface area contributed by atoms with Gasteiger partial charge in [-0.2, -0.15) is 0 Å². The molecule has 92 valence electrons. The molecule has 1 unspecified atom stereocenters. The van der Waals surface area contributed by atoms with Crippen LogP contribution in [0.25, 0.3) is 0 Å². The van der Waals surface area contributed by atoms with E-state index in [0.29, 0.717) is 18.0 Å². The molecular weight excluding hydrogens is 239 g/mol. The maximum Gasteiger partial charge on any atom is 0.256 e. The molecule has 0 aromatic heterocycles. The van der Waals surface area contributed by atoms with E-state index in [4.69, 9.17) is 5.73 Å². The van der Waals surface area contributed by atoms with Crippen LogP contribution in [0.1, 0.15) is 23.2 Å². The van der Waals surface area contributed by atoms with Gasteiger partial charge in [-0.1, -0.05) is 0 Å². The SMILES string of the molecule is NC1CCCN(C(=O)c2cc(S)ccc2F)C1. The molecule has 1 atom stereocenters. The second kappa shape index (κ2) is 5.06. The lowest BCUT2D eigenvalue weighted by atomic mass is 10.1. The van der Waals surface area contributed by atoms with Crippen molar-refractivity contribution < 1.29 is 9.18 Å². The van der Waals surface area contributed by atoms with E-state index in [1.165, 1.54) is 18.2 Å². The monoisotopic (exact) mass is 254 g/mol. The normalized spacial score (nSPS) is 20.4. The number of amides is 1. The maximum absolute atomic E-state index is 13.6. The lowest BCUT2D eigenvalue weighted by Gasteiger charge is -2.30. The highest BCUT2D eigenvalue weighted by Gasteiger charge is 2.24. The molecule has 17 heavy (non-hydrogen) atoms. The van der Waals surface area contributed by atoms with Gasteiger partial charge in [0.05, 0.1) is 5.56 Å². The fraction of sp³-hybridized carbons (Fsp3) is 0.417. The summed E-state index contributed by atoms with van der Waals surface area (Å²) >= 11 is 4.12. The van der Waals surface area contributed by atoms with Crippen LogP contribution in [0.15, 0.2) is 23.1 Å². The van der Waals surface area contributed by atoms with Crippen molar-refractivity contribution in [2.45, 2.75) is 23.8 Å². The third-order valence-corrected chi connectivity index (χ3v) is 3.20. The van der Waals surface area contributed by atoms with Crippen LogP contribution in [0.3, 0.4) is 0 Å². The molecule has 2 rings (SSSR count). The third kappa shape index (κ3) is 2.79. The van der Waals surface area contributed by atoms with Crippen molar-refractivity contribution in [3.05, 3.63) is 29.6 Å². The topological polar surface area (TPSA) is 46.3 Å². The third-order valence-electron chi connectivity index (χ3n) is 2.93. The largest absolute Gasteiger partial charge is 0.337 e. The molecule has 1 heterocycles. The zero-order valence-electron chi connectivity index (χ0n) is 9.40. The Morgan fingerprint density at radius 3 is 3.00 bits per heavy atom. The Morgan fingerprint density at radius 1 is 1.53 bits per heavy atom. The van der Waals surface area contributed by atoms with Crippen LogP contribution in [0, 0.1) is 5.82 Å². The molecule has 1 fully saturated rings. The van der Waals surface area contributed by atoms with Crippen LogP contribution in [-0.2, 0) is 0 Å². The van der Waals surface area contributed by atoms with Gasteiger partial charge in [0, 0.05) is 24.0 Å². The van der Waals surface area contributed by atoms with E-state index in [1.807, 2.05) is 0 Å². The van der Waals surface area contributed by atoms with E-state index >= 15 is 0 Å². The number of thiol groups is 1. The summed E-state index contributed by atoms with van der Waals surface area (Å²) in [6.07, 6.45) is 1.79. The summed E-state index contributed by atoms with van der Waals surface area (Å²) in [4.78, 5) is 14.3. The molecule has 2 N–H and O–H groups in total. The molecule has 3 nitrogen and oxygen atoms in total. The van der Waals surface area contributed by atoms with Gasteiger partial charge >= 0.3 is 0 Å². The number of benzene rings is 1. The molecule has 1 amide bonds. The molecule has 0 bridgehead atoms. The zero-order valence-corrected chi connectivity index (χ0v) is 10.3. The van der Waals surface area contributed by atoms with E-state index in [9.17, 15) is 9.18 Å². The Labute approximate surface area is 105 Å². The number of carbonyl (C=O) groups excluding carboxylic acids is 1. The van der Waals surface area contributed by atoms with Crippen molar-refractivity contribution >= 4 is 18.5 Å². The number of rotatable bonds is 1. The molecule has 1 aromatic rings. The van der Waals surface area contributed by atoms with Crippen molar-refractivity contribution in [1.82, 2.24) is 4.90 Å². The van der Waals surface area contributed by atoms with Crippen LogP contribution in [0.2, 0.25) is 0 Å². The van der Waals surface area contributed by atoms with Gasteiger partial charge in [0.1, 0.15) is 5.82 Å². The Balaban J connectivity index is 2.21. The summed E-state index contributed by atoms with van der Waals surface area (Å²) in [6.45, 7) is 1.14. The number of halogens is 1. The Kier molecular flexibility index (Phi) is 3.69. The minimum absolute atomic E-state index is 0.00468. The predicted molar refractivity (Wildman–Crippen MR) is 66.8 cm³/mol. The molecule has 0 aliphatic carbocycles. The van der Waals surface area contributed by atoms with Crippen molar-refractivity contribution in [3.63, 3.8) is 0 Å². The maximum atomic E-state index is 13.6. The quantitative estimate of drug-likeness (QED) is 0.749. The summed E-state index contributed by atoms with van der Waals surface area (Å²) < 4.78 is 13.6. The Hall–Kier alpha value is -1.07. The van der Waals surface area contributed by atoms with Crippen molar-refractivity contribution in [1.29, 1.82) is 0 Å². The molecule has 1 aromatic carbocycles. The highest BCUT2D eigenvalue weighted by Crippen LogP contribution is 2.18. The summed E-state index contributed by atoms with van der Waals surface area (Å²) in [7, 11) is 0. The molecule has 0 spiro atoms. The first-order valence-electron chi connectivity index (χ1n) is 5.61. The summed E-state index contributed by atoms with van der Waals surface area (Å²) in [6, 6.07) is 4.24. The van der Waals surface area contributed by atoms with Crippen molar-refractivity contribution in [3.8, 4) is 0 Å². The van der Waals surface area contributed by atoms with Gasteiger partial charge in [0.25, 0.3) is 5.91 Å². The van der Waals surface area contributed by atoms with E-state index in [2.05, 4.69) is 12.6 Å². The van der Waals surface area contributed by atoms with E-state index in [1.54, 1.807) is 4.90 Å². The van der Waals surface area contributed by atoms with Gasteiger partial charge in [0.2, 0.25) is 0 Å². The second-order valence-electron chi connectivity index (χ2n) is 4.32. The van der Waals surface area contributed by atoms with E-state index in [0.717, 1.165) is 12.8 Å². The lowest BCUT2D eigenvalue weighted by molar-refractivity contribution is 0.0704. The zero-order chi connectivity index (χ0) is 12.4. The van der Waals surface area contributed by atoms with Crippen molar-refractivity contribution in [2.24, 2.45) is 5.73 Å². The number of hydrogen-bond donors (Lipinski definition) is 2. The number of piperidine rings is 1. The summed E-state index contributed by atoms with van der Waals surface area (Å²) in [5.74, 6) is -0.805. The standard InChI is InChI=1S/C12H15FN2OS/c13-11-4-3-9(17)6-10(11)12(16)15-5-1-2-8(14)7-15/h3-4,6,8,17H,1-2,5,7,14H2. The molecule has 1 aliphatic rings. The fourth-order valence-corrected chi connectivity index (χ4v) is 2.25. The van der Waals surface area contributed by atoms with Crippen LogP contribution in [0.4, 0.5) is 4.39 Å². The average Bonchev–Trinajstić information content (AvgIpc) is 2.31. The number of carbonyl (C=O) groups is 1. The Bertz CT molecular complexity index is 439. The summed E-state index contributed by atoms with van der Waals surface area (Å²) in [5.41, 5.74) is 5.88. The highest BCUT2D eigenvalue weighted by atomic mass is 32.1. The number of hydrogen-bond acceptors (Lipinski definition) is 3. The number of nitrogens with zero attached hydrogens (tertiary/aromatic N) is 1. The van der Waals surface area contributed by atoms with Gasteiger partial charge in [-0.25, -0.2) is 4.39 Å². The highest BCUT2D eigenvalue weighted by molar-refractivity contribution is 7.80. The second-order valence-corrected chi connectivity index (χ2v) is 4.83. The van der Waals surface area contributed by atoms with Gasteiger partial charge in [-0.15, -0.1) is 12.6 Å². The van der Waals surface area contributed by atoms with Gasteiger partial charge in [-0.3, -0.25) is 4.79 Å². The summed E-state index contributed by atoms with van der Waals surface area (Å²) in [5, 5.41) is 0. The minimum atomic E-state index is -0.507. The Morgan fingerprint density at radius 2 is 2.29 bits per heavy atom. The van der Waals surface area contributed by atoms with Crippen LogP contribution < -0.4 is 5.73 Å². The average molecular weight is 254 g/mol. The number of nitrogens with two attached hydrogens (primary N) is 1. The van der Waals surface area contributed by atoms with Crippen molar-refractivity contribution in [2.75, 3.05) is 13.1 Å². The smallest absolute Gasteiger partial charge is 0.256 e. The lowest BCUT2D eigenvalue weighted by Crippen LogP contribution is -2.45. The number of likely N-dealkylation sites (tertiary alicyclic amines) is 1. The molecule has 0 radical (unpaired) electrons. The van der Waals surface area contributed by atoms with E-state index < -0.39 is 5.82 Å². The minimum Gasteiger partial charge on any atom is -0.337 e. The van der Waals surface area contributed by atoms with Crippen LogP contribution in [-0.4, -0.2) is 29.9 Å². The first-order valence-corrected chi connectivity index (χ1v) is 6.06. The predicted octanol–water partition coefficient (Wildman–Crippen LogP) is 1.68. The molecule has 0 saturated carbocycles. The van der Waals surface area contributed by atoms with Gasteiger partial charge < -0.3 is 10.6 Å². The first kappa shape index (κ1) is 12.4. The van der Waals surface area contributed by atoms with E-state index in [-0.39, 0.29) is 17.5 Å². The van der Waals surface area contributed by atoms with Gasteiger partial charge in [-0.05, 0) is 31.0 Å².